The molecule has 1 saturated heterocycles. The zero-order chi connectivity index (χ0) is 20.9. The summed E-state index contributed by atoms with van der Waals surface area (Å²) in [4.78, 5) is 11.6. The van der Waals surface area contributed by atoms with Crippen molar-refractivity contribution < 1.29 is 22.7 Å². The van der Waals surface area contributed by atoms with Gasteiger partial charge < -0.3 is 4.74 Å². The van der Waals surface area contributed by atoms with E-state index in [4.69, 9.17) is 4.74 Å². The van der Waals surface area contributed by atoms with Gasteiger partial charge in [0.05, 0.1) is 6.61 Å². The van der Waals surface area contributed by atoms with Crippen LogP contribution in [0.15, 0.2) is 36.4 Å². The van der Waals surface area contributed by atoms with Crippen molar-refractivity contribution in [1.82, 2.24) is 10.4 Å². The molecule has 4 nitrogen and oxygen atoms in total. The summed E-state index contributed by atoms with van der Waals surface area (Å²) in [5.41, 5.74) is 2.44. The number of halogens is 3. The summed E-state index contributed by atoms with van der Waals surface area (Å²) < 4.78 is 48.0. The van der Waals surface area contributed by atoms with Crippen LogP contribution < -0.4 is 10.2 Å². The largest absolute Gasteiger partial charge is 0.493 e. The van der Waals surface area contributed by atoms with Gasteiger partial charge in [-0.05, 0) is 23.4 Å². The Hall–Kier alpha value is -2.28. The fraction of sp³-hybridized carbons (Fsp3) is 0.500. The molecular formula is C22H27F3N2O2. The van der Waals surface area contributed by atoms with Gasteiger partial charge in [-0.15, -0.1) is 0 Å². The molecule has 0 saturated carbocycles. The minimum absolute atomic E-state index is 0.0137. The maximum Gasteiger partial charge on any atom is 0.409 e. The lowest BCUT2D eigenvalue weighted by atomic mass is 9.97. The van der Waals surface area contributed by atoms with Crippen LogP contribution in [0.5, 0.6) is 5.75 Å². The Balaban J connectivity index is 1.91. The highest BCUT2D eigenvalue weighted by Crippen LogP contribution is 2.43. The predicted octanol–water partition coefficient (Wildman–Crippen LogP) is 5.53. The van der Waals surface area contributed by atoms with Crippen LogP contribution in [0.4, 0.5) is 13.2 Å². The Morgan fingerprint density at radius 3 is 2.48 bits per heavy atom. The molecule has 7 heteroatoms. The smallest absolute Gasteiger partial charge is 0.409 e. The number of ether oxygens (including phenoxy) is 1. The summed E-state index contributed by atoms with van der Waals surface area (Å²) in [6.07, 6.45) is 0.871. The number of fused-ring (bicyclic) bond motifs is 1. The van der Waals surface area contributed by atoms with Gasteiger partial charge in [-0.25, -0.2) is 5.01 Å². The number of carbonyl (C=O) groups is 1. The molecule has 1 fully saturated rings. The first kappa shape index (κ1) is 21.4. The van der Waals surface area contributed by atoms with Gasteiger partial charge in [-0.1, -0.05) is 62.9 Å². The number of hydrogen-bond donors (Lipinski definition) is 1. The summed E-state index contributed by atoms with van der Waals surface area (Å²) in [6, 6.07) is 8.23. The highest BCUT2D eigenvalue weighted by atomic mass is 19.4. The molecule has 0 aromatic heterocycles. The van der Waals surface area contributed by atoms with E-state index in [-0.39, 0.29) is 18.5 Å². The number of nitrogens with zero attached hydrogens (tertiary/aromatic N) is 1. The van der Waals surface area contributed by atoms with E-state index in [1.165, 1.54) is 12.5 Å². The number of hydrazine groups is 1. The van der Waals surface area contributed by atoms with E-state index >= 15 is 0 Å². The number of alkyl halides is 3. The van der Waals surface area contributed by atoms with Gasteiger partial charge in [-0.3, -0.25) is 10.2 Å². The quantitative estimate of drug-likeness (QED) is 0.555. The molecule has 1 aliphatic rings. The molecule has 2 aromatic rings. The lowest BCUT2D eigenvalue weighted by molar-refractivity contribution is -0.190. The SMILES string of the molecule is CCCCCCCOc1cccc2cccc([C@H](N3CCC(=O)N3)C(F)(F)F)c12. The molecule has 1 aliphatic heterocycles. The molecule has 3 rings (SSSR count). The van der Waals surface area contributed by atoms with E-state index < -0.39 is 18.1 Å². The number of carbonyl (C=O) groups excluding carboxylic acids is 1. The number of amides is 1. The minimum Gasteiger partial charge on any atom is -0.493 e. The third kappa shape index (κ3) is 5.21. The van der Waals surface area contributed by atoms with Crippen LogP contribution >= 0.6 is 0 Å². The normalized spacial score (nSPS) is 16.2. The van der Waals surface area contributed by atoms with Gasteiger partial charge in [0.15, 0.2) is 6.04 Å². The van der Waals surface area contributed by atoms with E-state index in [2.05, 4.69) is 12.3 Å². The Morgan fingerprint density at radius 1 is 1.10 bits per heavy atom. The first-order valence-corrected chi connectivity index (χ1v) is 10.2. The van der Waals surface area contributed by atoms with E-state index in [9.17, 15) is 18.0 Å². The topological polar surface area (TPSA) is 41.6 Å². The summed E-state index contributed by atoms with van der Waals surface area (Å²) in [7, 11) is 0. The second-order valence-corrected chi connectivity index (χ2v) is 7.39. The monoisotopic (exact) mass is 408 g/mol. The molecule has 0 unspecified atom stereocenters. The molecule has 0 bridgehead atoms. The Morgan fingerprint density at radius 2 is 1.83 bits per heavy atom. The van der Waals surface area contributed by atoms with Crippen molar-refractivity contribution >= 4 is 16.7 Å². The molecule has 158 valence electrons. The third-order valence-electron chi connectivity index (χ3n) is 5.17. The van der Waals surface area contributed by atoms with Crippen molar-refractivity contribution in [2.45, 2.75) is 57.7 Å². The Kier molecular flexibility index (Phi) is 7.00. The second kappa shape index (κ2) is 9.48. The van der Waals surface area contributed by atoms with Crippen molar-refractivity contribution in [3.63, 3.8) is 0 Å². The van der Waals surface area contributed by atoms with Crippen LogP contribution in [0.3, 0.4) is 0 Å². The first-order chi connectivity index (χ1) is 13.9. The lowest BCUT2D eigenvalue weighted by Crippen LogP contribution is -2.43. The lowest BCUT2D eigenvalue weighted by Gasteiger charge is -2.30. The van der Waals surface area contributed by atoms with Crippen molar-refractivity contribution in [2.24, 2.45) is 0 Å². The molecule has 2 aromatic carbocycles. The molecule has 1 atom stereocenters. The third-order valence-corrected chi connectivity index (χ3v) is 5.17. The highest BCUT2D eigenvalue weighted by Gasteiger charge is 2.47. The number of unbranched alkanes of at least 4 members (excludes halogenated alkanes) is 4. The average Bonchev–Trinajstić information content (AvgIpc) is 3.09. The summed E-state index contributed by atoms with van der Waals surface area (Å²) in [5, 5.41) is 2.12. The van der Waals surface area contributed by atoms with Crippen molar-refractivity contribution in [1.29, 1.82) is 0 Å². The van der Waals surface area contributed by atoms with Gasteiger partial charge in [-0.2, -0.15) is 13.2 Å². The number of benzene rings is 2. The fourth-order valence-corrected chi connectivity index (χ4v) is 3.78. The van der Waals surface area contributed by atoms with Crippen LogP contribution in [-0.2, 0) is 4.79 Å². The van der Waals surface area contributed by atoms with Crippen LogP contribution in [0, 0.1) is 0 Å². The highest BCUT2D eigenvalue weighted by molar-refractivity contribution is 5.92. The maximum absolute atomic E-state index is 14.0. The number of rotatable bonds is 9. The maximum atomic E-state index is 14.0. The molecule has 0 aliphatic carbocycles. The average molecular weight is 408 g/mol. The molecule has 0 radical (unpaired) electrons. The summed E-state index contributed by atoms with van der Waals surface area (Å²) >= 11 is 0. The van der Waals surface area contributed by atoms with Gasteiger partial charge in [0.1, 0.15) is 5.75 Å². The number of hydrogen-bond acceptors (Lipinski definition) is 3. The van der Waals surface area contributed by atoms with E-state index in [0.29, 0.717) is 23.1 Å². The molecule has 1 heterocycles. The molecule has 0 spiro atoms. The van der Waals surface area contributed by atoms with E-state index in [1.54, 1.807) is 30.3 Å². The van der Waals surface area contributed by atoms with Crippen molar-refractivity contribution in [3.8, 4) is 5.75 Å². The summed E-state index contributed by atoms with van der Waals surface area (Å²) in [5.74, 6) is 0.0522. The minimum atomic E-state index is -4.54. The van der Waals surface area contributed by atoms with E-state index in [0.717, 1.165) is 30.7 Å². The zero-order valence-electron chi connectivity index (χ0n) is 16.6. The molecule has 1 amide bonds. The molecule has 29 heavy (non-hydrogen) atoms. The first-order valence-electron chi connectivity index (χ1n) is 10.2. The van der Waals surface area contributed by atoms with Gasteiger partial charge >= 0.3 is 6.18 Å². The predicted molar refractivity (Wildman–Crippen MR) is 106 cm³/mol. The van der Waals surface area contributed by atoms with Crippen molar-refractivity contribution in [2.75, 3.05) is 13.2 Å². The standard InChI is InChI=1S/C22H27F3N2O2/c1-2-3-4-5-6-15-29-18-12-8-10-16-9-7-11-17(20(16)18)21(22(23,24)25)27-14-13-19(28)26-27/h7-12,21H,2-6,13-15H2,1H3,(H,26,28)/t21-/m0/s1. The van der Waals surface area contributed by atoms with Crippen LogP contribution in [0.2, 0.25) is 0 Å². The van der Waals surface area contributed by atoms with Crippen LogP contribution in [0.25, 0.3) is 10.8 Å². The van der Waals surface area contributed by atoms with Crippen LogP contribution in [-0.4, -0.2) is 30.2 Å². The van der Waals surface area contributed by atoms with E-state index in [1.807, 2.05) is 0 Å². The number of nitrogens with one attached hydrogen (secondary N) is 1. The van der Waals surface area contributed by atoms with Gasteiger partial charge in [0.2, 0.25) is 5.91 Å². The summed E-state index contributed by atoms with van der Waals surface area (Å²) in [6.45, 7) is 2.63. The second-order valence-electron chi connectivity index (χ2n) is 7.39. The Labute approximate surface area is 169 Å². The molecular weight excluding hydrogens is 381 g/mol. The van der Waals surface area contributed by atoms with Gasteiger partial charge in [0.25, 0.3) is 0 Å². The Bertz CT molecular complexity index is 833. The van der Waals surface area contributed by atoms with Gasteiger partial charge in [0, 0.05) is 18.4 Å². The zero-order valence-corrected chi connectivity index (χ0v) is 16.6. The van der Waals surface area contributed by atoms with Crippen molar-refractivity contribution in [3.05, 3.63) is 42.0 Å². The fourth-order valence-electron chi connectivity index (χ4n) is 3.78. The van der Waals surface area contributed by atoms with Crippen LogP contribution in [0.1, 0.15) is 57.1 Å². The molecule has 1 N–H and O–H groups in total.